The summed E-state index contributed by atoms with van der Waals surface area (Å²) in [7, 11) is 0. The molecule has 1 saturated heterocycles. The summed E-state index contributed by atoms with van der Waals surface area (Å²) >= 11 is 6.02. The van der Waals surface area contributed by atoms with E-state index in [2.05, 4.69) is 5.32 Å². The first kappa shape index (κ1) is 9.81. The second-order valence-corrected chi connectivity index (χ2v) is 4.31. The highest BCUT2D eigenvalue weighted by atomic mass is 35.5. The van der Waals surface area contributed by atoms with E-state index in [0.29, 0.717) is 6.04 Å². The van der Waals surface area contributed by atoms with E-state index >= 15 is 0 Å². The highest BCUT2D eigenvalue weighted by Gasteiger charge is 2.19. The standard InChI is InChI=1S/C11H15ClN2/c1-7-5-8(12)6-9(11(7)13)10-3-2-4-14-10/h5-6,10,14H,2-4,13H2,1H3/t10-/m1/s1. The summed E-state index contributed by atoms with van der Waals surface area (Å²) in [6.07, 6.45) is 2.37. The third-order valence-electron chi connectivity index (χ3n) is 2.82. The van der Waals surface area contributed by atoms with Crippen molar-refractivity contribution >= 4 is 17.3 Å². The molecule has 0 bridgehead atoms. The normalized spacial score (nSPS) is 21.4. The molecular formula is C11H15ClN2. The average molecular weight is 211 g/mol. The van der Waals surface area contributed by atoms with Gasteiger partial charge in [0.25, 0.3) is 0 Å². The van der Waals surface area contributed by atoms with E-state index in [1.165, 1.54) is 6.42 Å². The molecule has 1 heterocycles. The largest absolute Gasteiger partial charge is 0.398 e. The van der Waals surface area contributed by atoms with Gasteiger partial charge in [-0.2, -0.15) is 0 Å². The average Bonchev–Trinajstić information content (AvgIpc) is 2.63. The van der Waals surface area contributed by atoms with Crippen LogP contribution in [0.3, 0.4) is 0 Å². The zero-order chi connectivity index (χ0) is 10.1. The number of rotatable bonds is 1. The van der Waals surface area contributed by atoms with Crippen molar-refractivity contribution in [2.24, 2.45) is 0 Å². The van der Waals surface area contributed by atoms with Crippen LogP contribution in [0.4, 0.5) is 5.69 Å². The Hall–Kier alpha value is -0.730. The number of anilines is 1. The van der Waals surface area contributed by atoms with Crippen LogP contribution in [0.5, 0.6) is 0 Å². The van der Waals surface area contributed by atoms with E-state index in [1.54, 1.807) is 0 Å². The number of halogens is 1. The lowest BCUT2D eigenvalue weighted by molar-refractivity contribution is 0.649. The Morgan fingerprint density at radius 1 is 1.50 bits per heavy atom. The van der Waals surface area contributed by atoms with Crippen molar-refractivity contribution in [1.82, 2.24) is 5.32 Å². The first-order valence-electron chi connectivity index (χ1n) is 4.97. The van der Waals surface area contributed by atoms with Crippen LogP contribution < -0.4 is 11.1 Å². The fourth-order valence-electron chi connectivity index (χ4n) is 2.02. The van der Waals surface area contributed by atoms with E-state index in [9.17, 15) is 0 Å². The molecule has 1 aliphatic rings. The molecule has 1 aliphatic heterocycles. The molecule has 0 aliphatic carbocycles. The molecule has 3 heteroatoms. The van der Waals surface area contributed by atoms with Gasteiger partial charge in [0, 0.05) is 16.8 Å². The van der Waals surface area contributed by atoms with Crippen LogP contribution in [0.1, 0.15) is 30.0 Å². The SMILES string of the molecule is Cc1cc(Cl)cc([C@H]2CCCN2)c1N. The van der Waals surface area contributed by atoms with E-state index in [0.717, 1.165) is 34.8 Å². The minimum absolute atomic E-state index is 0.396. The molecule has 1 aromatic carbocycles. The number of nitrogen functional groups attached to an aromatic ring is 1. The van der Waals surface area contributed by atoms with Crippen LogP contribution >= 0.6 is 11.6 Å². The van der Waals surface area contributed by atoms with Gasteiger partial charge in [-0.15, -0.1) is 0 Å². The molecule has 3 N–H and O–H groups in total. The van der Waals surface area contributed by atoms with Crippen molar-refractivity contribution in [2.45, 2.75) is 25.8 Å². The molecule has 0 radical (unpaired) electrons. The summed E-state index contributed by atoms with van der Waals surface area (Å²) in [4.78, 5) is 0. The van der Waals surface area contributed by atoms with Crippen molar-refractivity contribution in [3.8, 4) is 0 Å². The van der Waals surface area contributed by atoms with Crippen LogP contribution in [-0.4, -0.2) is 6.54 Å². The molecule has 76 valence electrons. The summed E-state index contributed by atoms with van der Waals surface area (Å²) < 4.78 is 0. The number of benzene rings is 1. The Kier molecular flexibility index (Phi) is 2.66. The Morgan fingerprint density at radius 3 is 2.93 bits per heavy atom. The maximum Gasteiger partial charge on any atom is 0.0413 e. The number of hydrogen-bond acceptors (Lipinski definition) is 2. The number of nitrogens with one attached hydrogen (secondary N) is 1. The van der Waals surface area contributed by atoms with Crippen LogP contribution in [-0.2, 0) is 0 Å². The van der Waals surface area contributed by atoms with Crippen LogP contribution in [0.2, 0.25) is 5.02 Å². The van der Waals surface area contributed by atoms with Crippen LogP contribution in [0, 0.1) is 6.92 Å². The molecular weight excluding hydrogens is 196 g/mol. The second kappa shape index (κ2) is 3.79. The van der Waals surface area contributed by atoms with Crippen molar-refractivity contribution < 1.29 is 0 Å². The summed E-state index contributed by atoms with van der Waals surface area (Å²) in [6.45, 7) is 3.08. The van der Waals surface area contributed by atoms with Gasteiger partial charge in [0.05, 0.1) is 0 Å². The van der Waals surface area contributed by atoms with Crippen molar-refractivity contribution in [1.29, 1.82) is 0 Å². The fourth-order valence-corrected chi connectivity index (χ4v) is 2.30. The molecule has 1 aromatic rings. The van der Waals surface area contributed by atoms with Gasteiger partial charge in [-0.05, 0) is 49.6 Å². The number of nitrogens with two attached hydrogens (primary N) is 1. The fraction of sp³-hybridized carbons (Fsp3) is 0.455. The van der Waals surface area contributed by atoms with Gasteiger partial charge in [-0.3, -0.25) is 0 Å². The minimum Gasteiger partial charge on any atom is -0.398 e. The molecule has 2 rings (SSSR count). The lowest BCUT2D eigenvalue weighted by atomic mass is 10.0. The quantitative estimate of drug-likeness (QED) is 0.700. The summed E-state index contributed by atoms with van der Waals surface area (Å²) in [5, 5.41) is 4.21. The van der Waals surface area contributed by atoms with Crippen molar-refractivity contribution in [2.75, 3.05) is 12.3 Å². The van der Waals surface area contributed by atoms with Crippen molar-refractivity contribution in [3.05, 3.63) is 28.3 Å². The molecule has 2 nitrogen and oxygen atoms in total. The van der Waals surface area contributed by atoms with E-state index in [-0.39, 0.29) is 0 Å². The zero-order valence-corrected chi connectivity index (χ0v) is 9.06. The molecule has 14 heavy (non-hydrogen) atoms. The van der Waals surface area contributed by atoms with Gasteiger partial charge in [-0.25, -0.2) is 0 Å². The number of hydrogen-bond donors (Lipinski definition) is 2. The van der Waals surface area contributed by atoms with Gasteiger partial charge < -0.3 is 11.1 Å². The van der Waals surface area contributed by atoms with Crippen LogP contribution in [0.15, 0.2) is 12.1 Å². The second-order valence-electron chi connectivity index (χ2n) is 3.87. The molecule has 0 spiro atoms. The zero-order valence-electron chi connectivity index (χ0n) is 8.31. The van der Waals surface area contributed by atoms with E-state index in [1.807, 2.05) is 19.1 Å². The summed E-state index contributed by atoms with van der Waals surface area (Å²) in [5.41, 5.74) is 9.15. The lowest BCUT2D eigenvalue weighted by Crippen LogP contribution is -2.15. The van der Waals surface area contributed by atoms with E-state index in [4.69, 9.17) is 17.3 Å². The Balaban J connectivity index is 2.40. The van der Waals surface area contributed by atoms with Gasteiger partial charge in [0.15, 0.2) is 0 Å². The van der Waals surface area contributed by atoms with E-state index < -0.39 is 0 Å². The Labute approximate surface area is 89.4 Å². The van der Waals surface area contributed by atoms with Gasteiger partial charge in [0.2, 0.25) is 0 Å². The molecule has 1 atom stereocenters. The monoisotopic (exact) mass is 210 g/mol. The molecule has 1 fully saturated rings. The topological polar surface area (TPSA) is 38.0 Å². The molecule has 0 unspecified atom stereocenters. The first-order chi connectivity index (χ1) is 6.68. The number of aryl methyl sites for hydroxylation is 1. The molecule has 0 saturated carbocycles. The Bertz CT molecular complexity index is 343. The van der Waals surface area contributed by atoms with Crippen LogP contribution in [0.25, 0.3) is 0 Å². The maximum absolute atomic E-state index is 6.03. The van der Waals surface area contributed by atoms with Gasteiger partial charge in [0.1, 0.15) is 0 Å². The minimum atomic E-state index is 0.396. The highest BCUT2D eigenvalue weighted by Crippen LogP contribution is 2.32. The smallest absolute Gasteiger partial charge is 0.0413 e. The highest BCUT2D eigenvalue weighted by molar-refractivity contribution is 6.30. The Morgan fingerprint density at radius 2 is 2.29 bits per heavy atom. The summed E-state index contributed by atoms with van der Waals surface area (Å²) in [5.74, 6) is 0. The van der Waals surface area contributed by atoms with Gasteiger partial charge >= 0.3 is 0 Å². The third kappa shape index (κ3) is 1.72. The predicted molar refractivity (Wildman–Crippen MR) is 60.6 cm³/mol. The van der Waals surface area contributed by atoms with Crippen molar-refractivity contribution in [3.63, 3.8) is 0 Å². The predicted octanol–water partition coefficient (Wildman–Crippen LogP) is 2.66. The first-order valence-corrected chi connectivity index (χ1v) is 5.35. The van der Waals surface area contributed by atoms with Gasteiger partial charge in [-0.1, -0.05) is 11.6 Å². The molecule has 0 aromatic heterocycles. The third-order valence-corrected chi connectivity index (χ3v) is 3.04. The lowest BCUT2D eigenvalue weighted by Gasteiger charge is -2.15. The molecule has 0 amide bonds. The maximum atomic E-state index is 6.03. The summed E-state index contributed by atoms with van der Waals surface area (Å²) in [6, 6.07) is 4.29.